The summed E-state index contributed by atoms with van der Waals surface area (Å²) in [5.74, 6) is 0.200. The topological polar surface area (TPSA) is 71.5 Å². The van der Waals surface area contributed by atoms with Gasteiger partial charge in [0.2, 0.25) is 11.8 Å². The van der Waals surface area contributed by atoms with Crippen molar-refractivity contribution in [3.63, 3.8) is 0 Å². The molecule has 1 aromatic heterocycles. The normalized spacial score (nSPS) is 10.2. The molecule has 6 nitrogen and oxygen atoms in total. The number of aromatic nitrogens is 1. The van der Waals surface area contributed by atoms with Gasteiger partial charge in [-0.1, -0.05) is 17.7 Å². The number of carbonyl (C=O) groups excluding carboxylic acids is 2. The molecule has 0 atom stereocenters. The maximum absolute atomic E-state index is 12.2. The zero-order valence-corrected chi connectivity index (χ0v) is 14.9. The van der Waals surface area contributed by atoms with Crippen LogP contribution in [0, 0.1) is 0 Å². The van der Waals surface area contributed by atoms with Gasteiger partial charge in [-0.2, -0.15) is 0 Å². The van der Waals surface area contributed by atoms with E-state index in [-0.39, 0.29) is 18.2 Å². The number of nitrogens with one attached hydrogen (secondary N) is 1. The highest BCUT2D eigenvalue weighted by molar-refractivity contribution is 6.31. The predicted octanol–water partition coefficient (Wildman–Crippen LogP) is 3.12. The smallest absolute Gasteiger partial charge is 0.226 e. The van der Waals surface area contributed by atoms with Gasteiger partial charge >= 0.3 is 0 Å². The standard InChI is InChI=1S/C18H20ClN3O3/c1-13(23)22(12-14-4-3-8-20-11-14)9-7-18(24)21-16-10-15(19)5-6-17(16)25-2/h3-6,8,10-11H,7,9,12H2,1-2H3,(H,21,24). The average Bonchev–Trinajstić information content (AvgIpc) is 2.59. The first kappa shape index (κ1) is 18.7. The first-order valence-electron chi connectivity index (χ1n) is 7.77. The van der Waals surface area contributed by atoms with Crippen LogP contribution in [-0.2, 0) is 16.1 Å². The van der Waals surface area contributed by atoms with Crippen molar-refractivity contribution in [2.45, 2.75) is 19.9 Å². The summed E-state index contributed by atoms with van der Waals surface area (Å²) in [5, 5.41) is 3.26. The van der Waals surface area contributed by atoms with Gasteiger partial charge in [-0.3, -0.25) is 14.6 Å². The second-order valence-electron chi connectivity index (χ2n) is 5.44. The van der Waals surface area contributed by atoms with E-state index in [1.807, 2.05) is 12.1 Å². The van der Waals surface area contributed by atoms with Crippen LogP contribution < -0.4 is 10.1 Å². The van der Waals surface area contributed by atoms with Crippen LogP contribution in [0.3, 0.4) is 0 Å². The van der Waals surface area contributed by atoms with Gasteiger partial charge in [0.1, 0.15) is 5.75 Å². The molecule has 0 saturated heterocycles. The number of pyridine rings is 1. The van der Waals surface area contributed by atoms with Gasteiger partial charge in [-0.25, -0.2) is 0 Å². The largest absolute Gasteiger partial charge is 0.495 e. The number of hydrogen-bond donors (Lipinski definition) is 1. The number of methoxy groups -OCH3 is 1. The van der Waals surface area contributed by atoms with Crippen molar-refractivity contribution >= 4 is 29.1 Å². The fourth-order valence-corrected chi connectivity index (χ4v) is 2.46. The number of ether oxygens (including phenoxy) is 1. The zero-order valence-electron chi connectivity index (χ0n) is 14.2. The van der Waals surface area contributed by atoms with Crippen LogP contribution in [0.1, 0.15) is 18.9 Å². The number of benzene rings is 1. The Labute approximate surface area is 151 Å². The second kappa shape index (κ2) is 9.03. The number of nitrogens with zero attached hydrogens (tertiary/aromatic N) is 2. The molecule has 2 rings (SSSR count). The number of amides is 2. The quantitative estimate of drug-likeness (QED) is 0.822. The maximum Gasteiger partial charge on any atom is 0.226 e. The van der Waals surface area contributed by atoms with Crippen LogP contribution in [0.25, 0.3) is 0 Å². The molecule has 2 aromatic rings. The molecule has 0 bridgehead atoms. The number of carbonyl (C=O) groups is 2. The Kier molecular flexibility index (Phi) is 6.77. The second-order valence-corrected chi connectivity index (χ2v) is 5.88. The SMILES string of the molecule is COc1ccc(Cl)cc1NC(=O)CCN(Cc1cccnc1)C(C)=O. The third-order valence-electron chi connectivity index (χ3n) is 3.59. The third kappa shape index (κ3) is 5.76. The maximum atomic E-state index is 12.2. The fourth-order valence-electron chi connectivity index (χ4n) is 2.29. The highest BCUT2D eigenvalue weighted by atomic mass is 35.5. The van der Waals surface area contributed by atoms with Crippen molar-refractivity contribution in [1.82, 2.24) is 9.88 Å². The number of halogens is 1. The summed E-state index contributed by atoms with van der Waals surface area (Å²) in [7, 11) is 1.52. The lowest BCUT2D eigenvalue weighted by Gasteiger charge is -2.21. The first-order chi connectivity index (χ1) is 12.0. The van der Waals surface area contributed by atoms with Crippen LogP contribution in [0.15, 0.2) is 42.7 Å². The zero-order chi connectivity index (χ0) is 18.2. The van der Waals surface area contributed by atoms with E-state index in [2.05, 4.69) is 10.3 Å². The lowest BCUT2D eigenvalue weighted by molar-refractivity contribution is -0.129. The van der Waals surface area contributed by atoms with Crippen LogP contribution in [0.2, 0.25) is 5.02 Å². The van der Waals surface area contributed by atoms with E-state index in [0.717, 1.165) is 5.56 Å². The molecule has 1 N–H and O–H groups in total. The van der Waals surface area contributed by atoms with Crippen LogP contribution >= 0.6 is 11.6 Å². The molecule has 132 valence electrons. The van der Waals surface area contributed by atoms with Crippen LogP contribution in [0.4, 0.5) is 5.69 Å². The molecular formula is C18H20ClN3O3. The van der Waals surface area contributed by atoms with Gasteiger partial charge in [0.15, 0.2) is 0 Å². The molecule has 0 aliphatic rings. The molecule has 1 aromatic carbocycles. The van der Waals surface area contributed by atoms with Gasteiger partial charge in [0, 0.05) is 43.9 Å². The van der Waals surface area contributed by atoms with Crippen LogP contribution in [-0.4, -0.2) is 35.4 Å². The summed E-state index contributed by atoms with van der Waals surface area (Å²) in [4.78, 5) is 29.6. The minimum atomic E-state index is -0.224. The molecule has 7 heteroatoms. The van der Waals surface area contributed by atoms with Crippen molar-refractivity contribution in [2.75, 3.05) is 19.0 Å². The molecule has 0 unspecified atom stereocenters. The molecule has 25 heavy (non-hydrogen) atoms. The van der Waals surface area contributed by atoms with E-state index in [1.54, 1.807) is 35.5 Å². The Morgan fingerprint density at radius 2 is 2.12 bits per heavy atom. The fraction of sp³-hybridized carbons (Fsp3) is 0.278. The number of anilines is 1. The molecular weight excluding hydrogens is 342 g/mol. The molecule has 0 saturated carbocycles. The van der Waals surface area contributed by atoms with E-state index in [9.17, 15) is 9.59 Å². The van der Waals surface area contributed by atoms with Crippen LogP contribution in [0.5, 0.6) is 5.75 Å². The van der Waals surface area contributed by atoms with E-state index in [1.165, 1.54) is 14.0 Å². The lowest BCUT2D eigenvalue weighted by atomic mass is 10.2. The molecule has 0 fully saturated rings. The Bertz CT molecular complexity index is 738. The van der Waals surface area contributed by atoms with Gasteiger partial charge in [-0.05, 0) is 29.8 Å². The summed E-state index contributed by atoms with van der Waals surface area (Å²) >= 11 is 5.95. The average molecular weight is 362 g/mol. The van der Waals surface area contributed by atoms with Gasteiger partial charge in [0.25, 0.3) is 0 Å². The van der Waals surface area contributed by atoms with Crippen molar-refractivity contribution in [2.24, 2.45) is 0 Å². The van der Waals surface area contributed by atoms with E-state index < -0.39 is 0 Å². The summed E-state index contributed by atoms with van der Waals surface area (Å²) in [5.41, 5.74) is 1.41. The summed E-state index contributed by atoms with van der Waals surface area (Å²) in [6.45, 7) is 2.20. The Morgan fingerprint density at radius 3 is 2.76 bits per heavy atom. The van der Waals surface area contributed by atoms with Crippen molar-refractivity contribution in [1.29, 1.82) is 0 Å². The monoisotopic (exact) mass is 361 g/mol. The minimum Gasteiger partial charge on any atom is -0.495 e. The summed E-state index contributed by atoms with van der Waals surface area (Å²) in [6.07, 6.45) is 3.54. The number of rotatable bonds is 7. The molecule has 0 aliphatic heterocycles. The minimum absolute atomic E-state index is 0.100. The third-order valence-corrected chi connectivity index (χ3v) is 3.82. The molecule has 0 aliphatic carbocycles. The number of hydrogen-bond acceptors (Lipinski definition) is 4. The van der Waals surface area contributed by atoms with Crippen molar-refractivity contribution in [3.8, 4) is 5.75 Å². The van der Waals surface area contributed by atoms with Crippen molar-refractivity contribution < 1.29 is 14.3 Å². The van der Waals surface area contributed by atoms with Crippen molar-refractivity contribution in [3.05, 3.63) is 53.3 Å². The molecule has 0 radical (unpaired) electrons. The van der Waals surface area contributed by atoms with E-state index in [0.29, 0.717) is 29.5 Å². The Hall–Kier alpha value is -2.60. The molecule has 0 spiro atoms. The van der Waals surface area contributed by atoms with E-state index in [4.69, 9.17) is 16.3 Å². The Balaban J connectivity index is 1.95. The molecule has 2 amide bonds. The highest BCUT2D eigenvalue weighted by Crippen LogP contribution is 2.27. The molecule has 1 heterocycles. The lowest BCUT2D eigenvalue weighted by Crippen LogP contribution is -2.31. The summed E-state index contributed by atoms with van der Waals surface area (Å²) in [6, 6.07) is 8.69. The highest BCUT2D eigenvalue weighted by Gasteiger charge is 2.13. The van der Waals surface area contributed by atoms with Gasteiger partial charge in [0.05, 0.1) is 12.8 Å². The van der Waals surface area contributed by atoms with E-state index >= 15 is 0 Å². The summed E-state index contributed by atoms with van der Waals surface area (Å²) < 4.78 is 5.20. The van der Waals surface area contributed by atoms with Gasteiger partial charge < -0.3 is 15.0 Å². The first-order valence-corrected chi connectivity index (χ1v) is 8.15. The predicted molar refractivity (Wildman–Crippen MR) is 96.6 cm³/mol. The van der Waals surface area contributed by atoms with Gasteiger partial charge in [-0.15, -0.1) is 0 Å². The Morgan fingerprint density at radius 1 is 1.32 bits per heavy atom.